The van der Waals surface area contributed by atoms with Crippen molar-refractivity contribution in [3.8, 4) is 5.75 Å². The molecule has 0 aliphatic heterocycles. The molecule has 0 fully saturated rings. The minimum Gasteiger partial charge on any atom is -0.483 e. The highest BCUT2D eigenvalue weighted by Gasteiger charge is 2.03. The number of nitrogens with one attached hydrogen (secondary N) is 1. The second kappa shape index (κ2) is 7.95. The smallest absolute Gasteiger partial charge is 0.277 e. The van der Waals surface area contributed by atoms with Crippen molar-refractivity contribution in [3.63, 3.8) is 0 Å². The molecule has 0 saturated heterocycles. The molecular formula is C15H12Br2N2O2. The van der Waals surface area contributed by atoms with Crippen LogP contribution in [0.25, 0.3) is 0 Å². The summed E-state index contributed by atoms with van der Waals surface area (Å²) in [5, 5.41) is 3.88. The van der Waals surface area contributed by atoms with Crippen LogP contribution in [-0.4, -0.2) is 18.7 Å². The third-order valence-corrected chi connectivity index (χ3v) is 3.60. The fourth-order valence-corrected chi connectivity index (χ4v) is 2.32. The van der Waals surface area contributed by atoms with E-state index in [2.05, 4.69) is 42.4 Å². The highest BCUT2D eigenvalue weighted by molar-refractivity contribution is 9.10. The summed E-state index contributed by atoms with van der Waals surface area (Å²) in [4.78, 5) is 11.6. The lowest BCUT2D eigenvalue weighted by Gasteiger charge is -2.06. The number of halogens is 2. The van der Waals surface area contributed by atoms with Crippen LogP contribution in [0.3, 0.4) is 0 Å². The number of hydrogen-bond acceptors (Lipinski definition) is 3. The number of hydrazone groups is 1. The Morgan fingerprint density at radius 1 is 1.19 bits per heavy atom. The van der Waals surface area contributed by atoms with Gasteiger partial charge in [-0.15, -0.1) is 0 Å². The summed E-state index contributed by atoms with van der Waals surface area (Å²) >= 11 is 6.71. The lowest BCUT2D eigenvalue weighted by atomic mass is 10.2. The van der Waals surface area contributed by atoms with Crippen LogP contribution in [0.5, 0.6) is 5.75 Å². The summed E-state index contributed by atoms with van der Waals surface area (Å²) in [5.41, 5.74) is 3.30. The molecule has 0 saturated carbocycles. The Balaban J connectivity index is 1.81. The molecule has 21 heavy (non-hydrogen) atoms. The van der Waals surface area contributed by atoms with Crippen LogP contribution in [0.15, 0.2) is 62.6 Å². The molecule has 2 aromatic carbocycles. The van der Waals surface area contributed by atoms with Crippen LogP contribution in [0.2, 0.25) is 0 Å². The molecule has 0 atom stereocenters. The van der Waals surface area contributed by atoms with Crippen LogP contribution < -0.4 is 10.2 Å². The quantitative estimate of drug-likeness (QED) is 0.601. The Bertz CT molecular complexity index is 660. The minimum atomic E-state index is -0.322. The molecule has 0 bridgehead atoms. The molecule has 0 spiro atoms. The molecule has 2 rings (SSSR count). The van der Waals surface area contributed by atoms with Gasteiger partial charge in [-0.05, 0) is 45.8 Å². The number of carbonyl (C=O) groups is 1. The van der Waals surface area contributed by atoms with Gasteiger partial charge in [-0.3, -0.25) is 4.79 Å². The maximum atomic E-state index is 11.6. The minimum absolute atomic E-state index is 0.0988. The van der Waals surface area contributed by atoms with Crippen LogP contribution >= 0.6 is 31.9 Å². The largest absolute Gasteiger partial charge is 0.483 e. The molecule has 4 nitrogen and oxygen atoms in total. The predicted molar refractivity (Wildman–Crippen MR) is 89.5 cm³/mol. The van der Waals surface area contributed by atoms with Gasteiger partial charge in [0.05, 0.1) is 10.7 Å². The molecule has 108 valence electrons. The van der Waals surface area contributed by atoms with Gasteiger partial charge in [0.15, 0.2) is 6.61 Å². The lowest BCUT2D eigenvalue weighted by Crippen LogP contribution is -2.24. The highest BCUT2D eigenvalue weighted by atomic mass is 79.9. The zero-order valence-corrected chi connectivity index (χ0v) is 14.1. The molecule has 1 amide bonds. The van der Waals surface area contributed by atoms with Crippen molar-refractivity contribution in [3.05, 3.63) is 63.0 Å². The monoisotopic (exact) mass is 410 g/mol. The van der Waals surface area contributed by atoms with Crippen molar-refractivity contribution >= 4 is 44.0 Å². The maximum absolute atomic E-state index is 11.6. The van der Waals surface area contributed by atoms with E-state index in [1.54, 1.807) is 12.3 Å². The second-order valence-electron chi connectivity index (χ2n) is 4.07. The zero-order chi connectivity index (χ0) is 15.1. The highest BCUT2D eigenvalue weighted by Crippen LogP contribution is 2.23. The third kappa shape index (κ3) is 5.32. The molecule has 0 radical (unpaired) electrons. The summed E-state index contributed by atoms with van der Waals surface area (Å²) in [6.07, 6.45) is 1.57. The van der Waals surface area contributed by atoms with E-state index >= 15 is 0 Å². The van der Waals surface area contributed by atoms with E-state index in [-0.39, 0.29) is 12.5 Å². The van der Waals surface area contributed by atoms with Gasteiger partial charge in [-0.1, -0.05) is 40.2 Å². The van der Waals surface area contributed by atoms with Gasteiger partial charge in [0, 0.05) is 4.47 Å². The molecule has 6 heteroatoms. The number of benzene rings is 2. The first-order valence-corrected chi connectivity index (χ1v) is 7.68. The first-order valence-electron chi connectivity index (χ1n) is 6.10. The Labute approximate surface area is 139 Å². The summed E-state index contributed by atoms with van der Waals surface area (Å²) in [7, 11) is 0. The van der Waals surface area contributed by atoms with E-state index < -0.39 is 0 Å². The van der Waals surface area contributed by atoms with E-state index in [9.17, 15) is 4.79 Å². The van der Waals surface area contributed by atoms with E-state index in [1.165, 1.54) is 0 Å². The summed E-state index contributed by atoms with van der Waals surface area (Å²) < 4.78 is 7.14. The fraction of sp³-hybridized carbons (Fsp3) is 0.0667. The number of hydrogen-bond donors (Lipinski definition) is 1. The Kier molecular flexibility index (Phi) is 5.95. The third-order valence-electron chi connectivity index (χ3n) is 2.45. The second-order valence-corrected chi connectivity index (χ2v) is 5.84. The van der Waals surface area contributed by atoms with E-state index in [1.807, 2.05) is 42.5 Å². The van der Waals surface area contributed by atoms with Crippen LogP contribution in [-0.2, 0) is 4.79 Å². The number of nitrogens with zero attached hydrogens (tertiary/aromatic N) is 1. The molecular weight excluding hydrogens is 400 g/mol. The normalized spacial score (nSPS) is 10.6. The number of rotatable bonds is 5. The average molecular weight is 412 g/mol. The summed E-state index contributed by atoms with van der Waals surface area (Å²) in [6.45, 7) is -0.0988. The Hall–Kier alpha value is -1.66. The maximum Gasteiger partial charge on any atom is 0.277 e. The summed E-state index contributed by atoms with van der Waals surface area (Å²) in [5.74, 6) is 0.292. The van der Waals surface area contributed by atoms with Crippen LogP contribution in [0.1, 0.15) is 5.56 Å². The average Bonchev–Trinajstić information content (AvgIpc) is 2.46. The Morgan fingerprint density at radius 3 is 2.76 bits per heavy atom. The van der Waals surface area contributed by atoms with Gasteiger partial charge >= 0.3 is 0 Å². The van der Waals surface area contributed by atoms with E-state index in [0.29, 0.717) is 5.75 Å². The standard InChI is InChI=1S/C15H12Br2N2O2/c16-12-5-3-4-11(8-12)9-18-19-15(20)10-21-14-7-2-1-6-13(14)17/h1-9H,10H2,(H,19,20). The van der Waals surface area contributed by atoms with E-state index in [0.717, 1.165) is 14.5 Å². The lowest BCUT2D eigenvalue weighted by molar-refractivity contribution is -0.123. The van der Waals surface area contributed by atoms with Crippen molar-refractivity contribution < 1.29 is 9.53 Å². The van der Waals surface area contributed by atoms with Crippen molar-refractivity contribution in [2.75, 3.05) is 6.61 Å². The van der Waals surface area contributed by atoms with Crippen molar-refractivity contribution in [1.29, 1.82) is 0 Å². The zero-order valence-electron chi connectivity index (χ0n) is 10.9. The fourth-order valence-electron chi connectivity index (χ4n) is 1.50. The summed E-state index contributed by atoms with van der Waals surface area (Å²) in [6, 6.07) is 14.9. The van der Waals surface area contributed by atoms with Crippen molar-refractivity contribution in [2.45, 2.75) is 0 Å². The Morgan fingerprint density at radius 2 is 2.00 bits per heavy atom. The molecule has 0 aliphatic carbocycles. The van der Waals surface area contributed by atoms with E-state index in [4.69, 9.17) is 4.74 Å². The van der Waals surface area contributed by atoms with Crippen molar-refractivity contribution in [2.24, 2.45) is 5.10 Å². The number of carbonyl (C=O) groups excluding carboxylic acids is 1. The topological polar surface area (TPSA) is 50.7 Å². The molecule has 2 aromatic rings. The first-order chi connectivity index (χ1) is 10.1. The SMILES string of the molecule is O=C(COc1ccccc1Br)NN=Cc1cccc(Br)c1. The predicted octanol–water partition coefficient (Wildman–Crippen LogP) is 3.74. The van der Waals surface area contributed by atoms with Gasteiger partial charge in [0.25, 0.3) is 5.91 Å². The van der Waals surface area contributed by atoms with Crippen molar-refractivity contribution in [1.82, 2.24) is 5.43 Å². The van der Waals surface area contributed by atoms with Gasteiger partial charge in [0.1, 0.15) is 5.75 Å². The molecule has 0 unspecified atom stereocenters. The number of ether oxygens (including phenoxy) is 1. The molecule has 0 aliphatic rings. The number of amides is 1. The van der Waals surface area contributed by atoms with Gasteiger partial charge in [0.2, 0.25) is 0 Å². The van der Waals surface area contributed by atoms with Gasteiger partial charge in [-0.25, -0.2) is 5.43 Å². The molecule has 0 heterocycles. The molecule has 1 N–H and O–H groups in total. The molecule has 0 aromatic heterocycles. The first kappa shape index (κ1) is 15.7. The van der Waals surface area contributed by atoms with Gasteiger partial charge < -0.3 is 4.74 Å². The van der Waals surface area contributed by atoms with Crippen LogP contribution in [0, 0.1) is 0 Å². The van der Waals surface area contributed by atoms with Crippen LogP contribution in [0.4, 0.5) is 0 Å². The van der Waals surface area contributed by atoms with Gasteiger partial charge in [-0.2, -0.15) is 5.10 Å². The number of para-hydroxylation sites is 1.